The van der Waals surface area contributed by atoms with Crippen LogP contribution in [0.4, 0.5) is 0 Å². The standard InChI is InChI=1S/C16H20O2/c17-16-14-11-4-3-10(7-11)13(14)15(18-16)12-6-8-1-2-9(12)5-8/h8-11,13-14H,1-7H2/b15-12+/t8-,9+,10-,11+,13?,14?/m0/s1. The van der Waals surface area contributed by atoms with Crippen LogP contribution in [-0.4, -0.2) is 5.97 Å². The average molecular weight is 244 g/mol. The number of rotatable bonds is 0. The van der Waals surface area contributed by atoms with Crippen LogP contribution in [0.5, 0.6) is 0 Å². The minimum Gasteiger partial charge on any atom is -0.431 e. The quantitative estimate of drug-likeness (QED) is 0.611. The molecule has 0 aromatic rings. The van der Waals surface area contributed by atoms with E-state index in [4.69, 9.17) is 4.74 Å². The second kappa shape index (κ2) is 3.20. The first-order valence-electron chi connectivity index (χ1n) is 7.76. The predicted molar refractivity (Wildman–Crippen MR) is 66.4 cm³/mol. The van der Waals surface area contributed by atoms with Crippen molar-refractivity contribution in [2.24, 2.45) is 35.5 Å². The van der Waals surface area contributed by atoms with Crippen LogP contribution in [0.25, 0.3) is 0 Å². The second-order valence-electron chi connectivity index (χ2n) is 7.28. The normalized spacial score (nSPS) is 56.3. The Labute approximate surface area is 108 Å². The summed E-state index contributed by atoms with van der Waals surface area (Å²) in [5.41, 5.74) is 1.57. The third-order valence-electron chi connectivity index (χ3n) is 6.56. The van der Waals surface area contributed by atoms with Crippen LogP contribution < -0.4 is 0 Å². The molecule has 5 fully saturated rings. The van der Waals surface area contributed by atoms with Crippen molar-refractivity contribution in [3.8, 4) is 0 Å². The zero-order chi connectivity index (χ0) is 11.9. The zero-order valence-electron chi connectivity index (χ0n) is 10.7. The predicted octanol–water partition coefficient (Wildman–Crippen LogP) is 3.28. The molecule has 0 amide bonds. The summed E-state index contributed by atoms with van der Waals surface area (Å²) in [7, 11) is 0. The molecular formula is C16H20O2. The molecule has 2 unspecified atom stereocenters. The van der Waals surface area contributed by atoms with Gasteiger partial charge >= 0.3 is 5.97 Å². The molecule has 4 saturated carbocycles. The molecule has 5 aliphatic rings. The summed E-state index contributed by atoms with van der Waals surface area (Å²) in [4.78, 5) is 12.2. The van der Waals surface area contributed by atoms with Crippen molar-refractivity contribution < 1.29 is 9.53 Å². The Balaban J connectivity index is 1.59. The zero-order valence-corrected chi connectivity index (χ0v) is 10.7. The molecule has 0 radical (unpaired) electrons. The van der Waals surface area contributed by atoms with E-state index in [9.17, 15) is 4.79 Å². The SMILES string of the molecule is O=C1O/C(=C2\C[C@H]3CC[C@@H]2C3)C2C1[C@@H]1CC[C@H]2C1. The van der Waals surface area contributed by atoms with Gasteiger partial charge < -0.3 is 4.74 Å². The van der Waals surface area contributed by atoms with Crippen LogP contribution in [-0.2, 0) is 9.53 Å². The minimum atomic E-state index is 0.123. The molecule has 1 aliphatic heterocycles. The summed E-state index contributed by atoms with van der Waals surface area (Å²) in [5, 5.41) is 0. The molecule has 0 N–H and O–H groups in total. The molecular weight excluding hydrogens is 224 g/mol. The number of cyclic esters (lactones) is 1. The fourth-order valence-electron chi connectivity index (χ4n) is 5.89. The van der Waals surface area contributed by atoms with Gasteiger partial charge in [-0.3, -0.25) is 4.79 Å². The first kappa shape index (κ1) is 10.1. The Morgan fingerprint density at radius 3 is 2.50 bits per heavy atom. The first-order valence-corrected chi connectivity index (χ1v) is 7.76. The van der Waals surface area contributed by atoms with E-state index < -0.39 is 0 Å². The van der Waals surface area contributed by atoms with Crippen molar-refractivity contribution in [3.05, 3.63) is 11.3 Å². The number of hydrogen-bond donors (Lipinski definition) is 0. The van der Waals surface area contributed by atoms with Crippen LogP contribution in [0.1, 0.15) is 44.9 Å². The highest BCUT2D eigenvalue weighted by Crippen LogP contribution is 2.61. The summed E-state index contributed by atoms with van der Waals surface area (Å²) in [6.45, 7) is 0. The maximum atomic E-state index is 12.2. The molecule has 0 aromatic carbocycles. The number of allylic oxidation sites excluding steroid dienone is 2. The third kappa shape index (κ3) is 1.08. The topological polar surface area (TPSA) is 26.3 Å². The summed E-state index contributed by atoms with van der Waals surface area (Å²) in [6, 6.07) is 0. The second-order valence-corrected chi connectivity index (χ2v) is 7.28. The maximum absolute atomic E-state index is 12.2. The Morgan fingerprint density at radius 1 is 0.944 bits per heavy atom. The van der Waals surface area contributed by atoms with Crippen LogP contribution in [0.2, 0.25) is 0 Å². The lowest BCUT2D eigenvalue weighted by Crippen LogP contribution is -2.23. The van der Waals surface area contributed by atoms with Gasteiger partial charge in [-0.05, 0) is 74.2 Å². The van der Waals surface area contributed by atoms with Gasteiger partial charge in [0, 0.05) is 5.92 Å². The number of carbonyl (C=O) groups is 1. The molecule has 2 nitrogen and oxygen atoms in total. The fraction of sp³-hybridized carbons (Fsp3) is 0.812. The minimum absolute atomic E-state index is 0.123. The molecule has 0 spiro atoms. The number of esters is 1. The molecule has 6 atom stereocenters. The van der Waals surface area contributed by atoms with Gasteiger partial charge in [-0.15, -0.1) is 0 Å². The Bertz CT molecular complexity index is 464. The van der Waals surface area contributed by atoms with Crippen LogP contribution in [0.3, 0.4) is 0 Å². The molecule has 96 valence electrons. The van der Waals surface area contributed by atoms with Gasteiger partial charge in [-0.1, -0.05) is 0 Å². The van der Waals surface area contributed by atoms with Crippen molar-refractivity contribution in [3.63, 3.8) is 0 Å². The van der Waals surface area contributed by atoms with E-state index in [1.54, 1.807) is 5.57 Å². The molecule has 4 aliphatic carbocycles. The summed E-state index contributed by atoms with van der Waals surface area (Å²) in [6.07, 6.45) is 9.30. The Morgan fingerprint density at radius 2 is 1.78 bits per heavy atom. The van der Waals surface area contributed by atoms with Gasteiger partial charge in [0.15, 0.2) is 0 Å². The average Bonchev–Trinajstić information content (AvgIpc) is 3.14. The van der Waals surface area contributed by atoms with E-state index in [1.807, 2.05) is 0 Å². The van der Waals surface area contributed by atoms with Crippen LogP contribution in [0, 0.1) is 35.5 Å². The van der Waals surface area contributed by atoms with Crippen molar-refractivity contribution in [2.45, 2.75) is 44.9 Å². The van der Waals surface area contributed by atoms with E-state index in [0.717, 1.165) is 17.8 Å². The third-order valence-corrected chi connectivity index (χ3v) is 6.56. The number of hydrogen-bond acceptors (Lipinski definition) is 2. The van der Waals surface area contributed by atoms with Crippen LogP contribution >= 0.6 is 0 Å². The number of carbonyl (C=O) groups excluding carboxylic acids is 1. The van der Waals surface area contributed by atoms with Crippen LogP contribution in [0.15, 0.2) is 11.3 Å². The van der Waals surface area contributed by atoms with Crippen molar-refractivity contribution in [1.82, 2.24) is 0 Å². The van der Waals surface area contributed by atoms with Gasteiger partial charge in [-0.25, -0.2) is 0 Å². The largest absolute Gasteiger partial charge is 0.431 e. The van der Waals surface area contributed by atoms with Gasteiger partial charge in [0.1, 0.15) is 5.76 Å². The molecule has 0 aromatic heterocycles. The van der Waals surface area contributed by atoms with Crippen molar-refractivity contribution in [2.75, 3.05) is 0 Å². The molecule has 1 heterocycles. The lowest BCUT2D eigenvalue weighted by Gasteiger charge is -2.24. The smallest absolute Gasteiger partial charge is 0.315 e. The van der Waals surface area contributed by atoms with E-state index in [0.29, 0.717) is 11.8 Å². The van der Waals surface area contributed by atoms with Gasteiger partial charge in [0.2, 0.25) is 0 Å². The lowest BCUT2D eigenvalue weighted by atomic mass is 9.77. The van der Waals surface area contributed by atoms with Gasteiger partial charge in [-0.2, -0.15) is 0 Å². The maximum Gasteiger partial charge on any atom is 0.315 e. The van der Waals surface area contributed by atoms with Gasteiger partial charge in [0.25, 0.3) is 0 Å². The van der Waals surface area contributed by atoms with Gasteiger partial charge in [0.05, 0.1) is 5.92 Å². The van der Waals surface area contributed by atoms with E-state index >= 15 is 0 Å². The molecule has 4 bridgehead atoms. The molecule has 5 rings (SSSR count). The van der Waals surface area contributed by atoms with E-state index in [2.05, 4.69) is 0 Å². The van der Waals surface area contributed by atoms with E-state index in [-0.39, 0.29) is 11.9 Å². The Kier molecular flexibility index (Phi) is 1.79. The monoisotopic (exact) mass is 244 g/mol. The molecule has 18 heavy (non-hydrogen) atoms. The summed E-state index contributed by atoms with van der Waals surface area (Å²) in [5.74, 6) is 5.18. The Hall–Kier alpha value is -0.790. The molecule has 2 heteroatoms. The highest BCUT2D eigenvalue weighted by Gasteiger charge is 2.59. The lowest BCUT2D eigenvalue weighted by molar-refractivity contribution is -0.140. The fourth-order valence-corrected chi connectivity index (χ4v) is 5.89. The highest BCUT2D eigenvalue weighted by atomic mass is 16.5. The van der Waals surface area contributed by atoms with Crippen molar-refractivity contribution in [1.29, 1.82) is 0 Å². The first-order chi connectivity index (χ1) is 8.81. The molecule has 1 saturated heterocycles. The summed E-state index contributed by atoms with van der Waals surface area (Å²) >= 11 is 0. The summed E-state index contributed by atoms with van der Waals surface area (Å²) < 4.78 is 5.79. The number of fused-ring (bicyclic) bond motifs is 7. The number of ether oxygens (including phenoxy) is 1. The van der Waals surface area contributed by atoms with Crippen molar-refractivity contribution >= 4 is 5.97 Å². The van der Waals surface area contributed by atoms with E-state index in [1.165, 1.54) is 50.7 Å². The highest BCUT2D eigenvalue weighted by molar-refractivity contribution is 5.79.